The van der Waals surface area contributed by atoms with Crippen LogP contribution in [-0.4, -0.2) is 22.7 Å². The first-order valence-corrected chi connectivity index (χ1v) is 10.1. The van der Waals surface area contributed by atoms with Gasteiger partial charge in [0.15, 0.2) is 0 Å². The number of aromatic nitrogens is 1. The van der Waals surface area contributed by atoms with Crippen LogP contribution in [-0.2, 0) is 12.4 Å². The summed E-state index contributed by atoms with van der Waals surface area (Å²) in [5.74, 6) is 0. The zero-order chi connectivity index (χ0) is 23.2. The van der Waals surface area contributed by atoms with Gasteiger partial charge in [-0.2, -0.15) is 26.3 Å². The highest BCUT2D eigenvalue weighted by molar-refractivity contribution is 5.61. The summed E-state index contributed by atoms with van der Waals surface area (Å²) < 4.78 is 78.4. The average molecular weight is 448 g/mol. The van der Waals surface area contributed by atoms with E-state index in [1.54, 1.807) is 0 Å². The molecule has 0 radical (unpaired) electrons. The monoisotopic (exact) mass is 448 g/mol. The summed E-state index contributed by atoms with van der Waals surface area (Å²) in [7, 11) is 0. The molecule has 0 spiro atoms. The molecule has 1 aromatic heterocycles. The fraction of sp³-hybridized carbons (Fsp3) is 0.500. The van der Waals surface area contributed by atoms with Crippen molar-refractivity contribution in [2.75, 3.05) is 6.54 Å². The molecule has 0 aliphatic rings. The Morgan fingerprint density at radius 3 is 1.97 bits per heavy atom. The van der Waals surface area contributed by atoms with Crippen molar-refractivity contribution < 1.29 is 31.4 Å². The van der Waals surface area contributed by atoms with E-state index in [4.69, 9.17) is 0 Å². The van der Waals surface area contributed by atoms with Gasteiger partial charge < -0.3 is 10.4 Å². The third kappa shape index (κ3) is 7.21. The van der Waals surface area contributed by atoms with Crippen LogP contribution in [0.25, 0.3) is 11.3 Å². The molecule has 1 aromatic carbocycles. The third-order valence-electron chi connectivity index (χ3n) is 4.91. The molecule has 2 aromatic rings. The highest BCUT2D eigenvalue weighted by Gasteiger charge is 2.34. The van der Waals surface area contributed by atoms with Gasteiger partial charge in [-0.3, -0.25) is 0 Å². The van der Waals surface area contributed by atoms with E-state index >= 15 is 0 Å². The van der Waals surface area contributed by atoms with Crippen molar-refractivity contribution in [3.8, 4) is 11.3 Å². The number of nitrogens with one attached hydrogen (secondary N) is 1. The predicted octanol–water partition coefficient (Wildman–Crippen LogP) is 6.38. The third-order valence-corrected chi connectivity index (χ3v) is 4.91. The number of alkyl halides is 6. The van der Waals surface area contributed by atoms with Crippen LogP contribution in [0, 0.1) is 0 Å². The Morgan fingerprint density at radius 2 is 1.48 bits per heavy atom. The zero-order valence-electron chi connectivity index (χ0n) is 17.3. The van der Waals surface area contributed by atoms with E-state index in [1.165, 1.54) is 6.07 Å². The van der Waals surface area contributed by atoms with Crippen molar-refractivity contribution in [1.29, 1.82) is 0 Å². The van der Waals surface area contributed by atoms with E-state index in [1.807, 2.05) is 13.8 Å². The minimum absolute atomic E-state index is 0.00327. The molecular weight excluding hydrogens is 422 g/mol. The predicted molar refractivity (Wildman–Crippen MR) is 106 cm³/mol. The molecule has 1 atom stereocenters. The number of halogens is 6. The van der Waals surface area contributed by atoms with Crippen molar-refractivity contribution in [1.82, 2.24) is 10.3 Å². The summed E-state index contributed by atoms with van der Waals surface area (Å²) in [6, 6.07) is 5.90. The molecule has 3 nitrogen and oxygen atoms in total. The Morgan fingerprint density at radius 1 is 0.903 bits per heavy atom. The Kier molecular flexibility index (Phi) is 8.48. The number of benzene rings is 1. The van der Waals surface area contributed by atoms with E-state index < -0.39 is 29.7 Å². The van der Waals surface area contributed by atoms with Gasteiger partial charge in [-0.25, -0.2) is 4.98 Å². The summed E-state index contributed by atoms with van der Waals surface area (Å²) in [5.41, 5.74) is -2.19. The Bertz CT molecular complexity index is 827. The second kappa shape index (κ2) is 10.5. The molecule has 0 unspecified atom stereocenters. The molecule has 0 amide bonds. The number of nitrogens with zero attached hydrogens (tertiary/aromatic N) is 1. The number of aliphatic hydroxyl groups is 1. The van der Waals surface area contributed by atoms with Crippen LogP contribution < -0.4 is 5.32 Å². The first kappa shape index (κ1) is 25.1. The average Bonchev–Trinajstić information content (AvgIpc) is 2.70. The Hall–Kier alpha value is -2.13. The minimum atomic E-state index is -4.77. The summed E-state index contributed by atoms with van der Waals surface area (Å²) in [6.07, 6.45) is -6.94. The quantitative estimate of drug-likeness (QED) is 0.438. The van der Waals surface area contributed by atoms with Crippen molar-refractivity contribution in [3.05, 3.63) is 53.2 Å². The van der Waals surface area contributed by atoms with Crippen LogP contribution in [0.2, 0.25) is 0 Å². The number of aliphatic hydroxyl groups excluding tert-OH is 1. The first-order chi connectivity index (χ1) is 14.5. The summed E-state index contributed by atoms with van der Waals surface area (Å²) in [4.78, 5) is 3.57. The molecule has 0 saturated heterocycles. The molecule has 9 heteroatoms. The highest BCUT2D eigenvalue weighted by Crippen LogP contribution is 2.34. The van der Waals surface area contributed by atoms with Crippen LogP contribution in [0.3, 0.4) is 0 Å². The van der Waals surface area contributed by atoms with Crippen LogP contribution in [0.5, 0.6) is 0 Å². The van der Waals surface area contributed by atoms with Crippen LogP contribution in [0.1, 0.15) is 62.5 Å². The first-order valence-electron chi connectivity index (χ1n) is 10.1. The molecule has 31 heavy (non-hydrogen) atoms. The van der Waals surface area contributed by atoms with Crippen molar-refractivity contribution in [2.24, 2.45) is 0 Å². The lowest BCUT2D eigenvalue weighted by molar-refractivity contribution is -0.141. The van der Waals surface area contributed by atoms with E-state index in [9.17, 15) is 31.4 Å². The lowest BCUT2D eigenvalue weighted by atomic mass is 10.0. The maximum atomic E-state index is 13.4. The topological polar surface area (TPSA) is 45.1 Å². The summed E-state index contributed by atoms with van der Waals surface area (Å²) in [5, 5.41) is 13.7. The maximum absolute atomic E-state index is 13.4. The summed E-state index contributed by atoms with van der Waals surface area (Å²) in [6.45, 7) is 4.10. The molecule has 0 aliphatic heterocycles. The molecule has 2 N–H and O–H groups in total. The van der Waals surface area contributed by atoms with E-state index in [-0.39, 0.29) is 29.4 Å². The van der Waals surface area contributed by atoms with Crippen molar-refractivity contribution >= 4 is 0 Å². The van der Waals surface area contributed by atoms with E-state index in [2.05, 4.69) is 10.3 Å². The SMILES string of the molecule is CCCC(CCC)NC[C@@H](O)c1cc(-c2ccc(C(F)(F)F)cc2)nc(C(F)(F)F)c1. The smallest absolute Gasteiger partial charge is 0.387 e. The van der Waals surface area contributed by atoms with Crippen LogP contribution in [0.4, 0.5) is 26.3 Å². The fourth-order valence-corrected chi connectivity index (χ4v) is 3.31. The van der Waals surface area contributed by atoms with E-state index in [0.717, 1.165) is 56.0 Å². The van der Waals surface area contributed by atoms with Gasteiger partial charge in [0, 0.05) is 18.2 Å². The van der Waals surface area contributed by atoms with Gasteiger partial charge in [0.2, 0.25) is 0 Å². The Balaban J connectivity index is 2.33. The number of hydrogen-bond donors (Lipinski definition) is 2. The minimum Gasteiger partial charge on any atom is -0.387 e. The van der Waals surface area contributed by atoms with Gasteiger partial charge in [-0.1, -0.05) is 38.8 Å². The Labute approximate surface area is 177 Å². The second-order valence-electron chi connectivity index (χ2n) is 7.44. The maximum Gasteiger partial charge on any atom is 0.433 e. The molecule has 0 aliphatic carbocycles. The van der Waals surface area contributed by atoms with Crippen LogP contribution >= 0.6 is 0 Å². The highest BCUT2D eigenvalue weighted by atomic mass is 19.4. The molecule has 2 rings (SSSR count). The lowest BCUT2D eigenvalue weighted by Crippen LogP contribution is -2.32. The van der Waals surface area contributed by atoms with Gasteiger partial charge in [-0.15, -0.1) is 0 Å². The second-order valence-corrected chi connectivity index (χ2v) is 7.44. The van der Waals surface area contributed by atoms with Gasteiger partial charge in [-0.05, 0) is 42.7 Å². The standard InChI is InChI=1S/C22H26F6N2O/c1-3-5-17(6-4-2)29-13-19(31)15-11-18(30-20(12-15)22(26,27)28)14-7-9-16(10-8-14)21(23,24)25/h7-12,17,19,29,31H,3-6,13H2,1-2H3/t19-/m1/s1. The molecule has 0 fully saturated rings. The van der Waals surface area contributed by atoms with Gasteiger partial charge in [0.05, 0.1) is 17.4 Å². The molecular formula is C22H26F6N2O. The zero-order valence-corrected chi connectivity index (χ0v) is 17.3. The van der Waals surface area contributed by atoms with Gasteiger partial charge >= 0.3 is 12.4 Å². The van der Waals surface area contributed by atoms with E-state index in [0.29, 0.717) is 0 Å². The number of pyridine rings is 1. The molecule has 1 heterocycles. The lowest BCUT2D eigenvalue weighted by Gasteiger charge is -2.21. The van der Waals surface area contributed by atoms with Crippen molar-refractivity contribution in [2.45, 2.75) is 64.0 Å². The molecule has 0 saturated carbocycles. The fourth-order valence-electron chi connectivity index (χ4n) is 3.31. The normalized spacial score (nSPS) is 13.6. The number of hydrogen-bond acceptors (Lipinski definition) is 3. The number of rotatable bonds is 9. The molecule has 0 bridgehead atoms. The van der Waals surface area contributed by atoms with Gasteiger partial charge in [0.25, 0.3) is 0 Å². The van der Waals surface area contributed by atoms with Crippen LogP contribution in [0.15, 0.2) is 36.4 Å². The molecule has 172 valence electrons. The summed E-state index contributed by atoms with van der Waals surface area (Å²) >= 11 is 0. The van der Waals surface area contributed by atoms with Gasteiger partial charge in [0.1, 0.15) is 5.69 Å². The largest absolute Gasteiger partial charge is 0.433 e. The van der Waals surface area contributed by atoms with Crippen molar-refractivity contribution in [3.63, 3.8) is 0 Å².